The number of aromatic nitrogens is 4. The lowest BCUT2D eigenvalue weighted by atomic mass is 9.99. The van der Waals surface area contributed by atoms with Crippen molar-refractivity contribution < 1.29 is 14.3 Å². The summed E-state index contributed by atoms with van der Waals surface area (Å²) in [7, 11) is 1.60. The fourth-order valence-electron chi connectivity index (χ4n) is 4.56. The Balaban J connectivity index is 1.45. The maximum atomic E-state index is 12.9. The van der Waals surface area contributed by atoms with E-state index >= 15 is 0 Å². The Hall–Kier alpha value is -4.93. The Morgan fingerprint density at radius 2 is 1.79 bits per heavy atom. The summed E-state index contributed by atoms with van der Waals surface area (Å²) in [4.78, 5) is 35.3. The number of H-pyrrole nitrogens is 1. The number of methoxy groups -OCH3 is 1. The van der Waals surface area contributed by atoms with Crippen LogP contribution >= 0.6 is 0 Å². The number of piperidine rings is 1. The van der Waals surface area contributed by atoms with E-state index in [1.54, 1.807) is 13.3 Å². The number of nitrogens with one attached hydrogen (secondary N) is 3. The molecule has 0 radical (unpaired) electrons. The minimum absolute atomic E-state index is 0.123. The molecular formula is C27H28N8O3. The van der Waals surface area contributed by atoms with E-state index in [9.17, 15) is 9.59 Å². The molecule has 0 aliphatic carbocycles. The van der Waals surface area contributed by atoms with Gasteiger partial charge in [-0.3, -0.25) is 14.9 Å². The van der Waals surface area contributed by atoms with Crippen molar-refractivity contribution in [2.24, 2.45) is 5.73 Å². The zero-order valence-electron chi connectivity index (χ0n) is 20.9. The second-order valence-electron chi connectivity index (χ2n) is 8.84. The standard InChI is InChI=1S/C27H28N8O3/c1-38-20-7-5-6-19(31-27(37)35-14-3-2-4-15-35)22(20)17-8-10-18(11-9-17)24-23(25(28)36)26(34-33-24)32-21-16-29-12-13-30-21/h5-13,16H,2-4,14-15H2,1H3,(H2,28,36)(H,31,37)(H2,30,32,33,34). The maximum absolute atomic E-state index is 12.9. The summed E-state index contributed by atoms with van der Waals surface area (Å²) in [5.74, 6) is 0.670. The van der Waals surface area contributed by atoms with Crippen molar-refractivity contribution in [3.05, 3.63) is 66.6 Å². The summed E-state index contributed by atoms with van der Waals surface area (Å²) in [6, 6.07) is 12.9. The van der Waals surface area contributed by atoms with Crippen molar-refractivity contribution in [1.82, 2.24) is 25.1 Å². The highest BCUT2D eigenvalue weighted by Gasteiger charge is 2.22. The highest BCUT2D eigenvalue weighted by atomic mass is 16.5. The van der Waals surface area contributed by atoms with E-state index < -0.39 is 5.91 Å². The Morgan fingerprint density at radius 3 is 2.47 bits per heavy atom. The lowest BCUT2D eigenvalue weighted by molar-refractivity contribution is 0.100. The first-order chi connectivity index (χ1) is 18.5. The summed E-state index contributed by atoms with van der Waals surface area (Å²) in [5.41, 5.74) is 9.32. The molecule has 11 nitrogen and oxygen atoms in total. The van der Waals surface area contributed by atoms with Gasteiger partial charge in [0.2, 0.25) is 0 Å². The van der Waals surface area contributed by atoms with Crippen molar-refractivity contribution in [3.63, 3.8) is 0 Å². The molecule has 0 saturated carbocycles. The number of nitrogens with two attached hydrogens (primary N) is 1. The fourth-order valence-corrected chi connectivity index (χ4v) is 4.56. The smallest absolute Gasteiger partial charge is 0.321 e. The number of carbonyl (C=O) groups is 2. The number of anilines is 3. The number of hydrogen-bond donors (Lipinski definition) is 4. The van der Waals surface area contributed by atoms with Gasteiger partial charge in [-0.05, 0) is 37.0 Å². The van der Waals surface area contributed by atoms with Crippen molar-refractivity contribution in [2.75, 3.05) is 30.8 Å². The Kier molecular flexibility index (Phi) is 7.16. The zero-order chi connectivity index (χ0) is 26.5. The number of carbonyl (C=O) groups excluding carboxylic acids is 2. The molecule has 2 aromatic carbocycles. The van der Waals surface area contributed by atoms with Crippen LogP contribution in [0.1, 0.15) is 29.6 Å². The molecule has 3 amide bonds. The second-order valence-corrected chi connectivity index (χ2v) is 8.84. The molecule has 11 heteroatoms. The van der Waals surface area contributed by atoms with Crippen molar-refractivity contribution >= 4 is 29.3 Å². The van der Waals surface area contributed by atoms with E-state index in [-0.39, 0.29) is 17.4 Å². The number of rotatable bonds is 7. The predicted octanol–water partition coefficient (Wildman–Crippen LogP) is 4.40. The van der Waals surface area contributed by atoms with Crippen molar-refractivity contribution in [2.45, 2.75) is 19.3 Å². The van der Waals surface area contributed by atoms with E-state index in [0.717, 1.165) is 43.5 Å². The number of primary amides is 1. The number of amides is 3. The number of ether oxygens (including phenoxy) is 1. The number of likely N-dealkylation sites (tertiary alicyclic amines) is 1. The monoisotopic (exact) mass is 512 g/mol. The van der Waals surface area contributed by atoms with Crippen molar-refractivity contribution in [3.8, 4) is 28.1 Å². The minimum atomic E-state index is -0.642. The van der Waals surface area contributed by atoms with Crippen LogP contribution in [0.15, 0.2) is 61.1 Å². The molecule has 4 aromatic rings. The van der Waals surface area contributed by atoms with Gasteiger partial charge in [-0.15, -0.1) is 0 Å². The Morgan fingerprint density at radius 1 is 1.03 bits per heavy atom. The first-order valence-corrected chi connectivity index (χ1v) is 12.3. The fraction of sp³-hybridized carbons (Fsp3) is 0.222. The molecule has 0 atom stereocenters. The number of urea groups is 1. The molecule has 0 spiro atoms. The summed E-state index contributed by atoms with van der Waals surface area (Å²) in [6.07, 6.45) is 7.76. The van der Waals surface area contributed by atoms with Gasteiger partial charge in [0, 0.05) is 36.6 Å². The molecule has 1 saturated heterocycles. The third kappa shape index (κ3) is 5.12. The molecule has 0 bridgehead atoms. The number of benzene rings is 2. The first-order valence-electron chi connectivity index (χ1n) is 12.3. The Labute approximate surface area is 219 Å². The van der Waals surface area contributed by atoms with Crippen LogP contribution in [0, 0.1) is 0 Å². The van der Waals surface area contributed by atoms with Crippen LogP contribution in [0.4, 0.5) is 22.1 Å². The first kappa shape index (κ1) is 24.8. The molecule has 1 aliphatic rings. The summed E-state index contributed by atoms with van der Waals surface area (Å²) >= 11 is 0. The maximum Gasteiger partial charge on any atom is 0.321 e. The van der Waals surface area contributed by atoms with Crippen LogP contribution in [0.2, 0.25) is 0 Å². The highest BCUT2D eigenvalue weighted by Crippen LogP contribution is 2.38. The third-order valence-corrected chi connectivity index (χ3v) is 6.42. The van der Waals surface area contributed by atoms with Crippen molar-refractivity contribution in [1.29, 1.82) is 0 Å². The predicted molar refractivity (Wildman–Crippen MR) is 144 cm³/mol. The molecule has 3 heterocycles. The summed E-state index contributed by atoms with van der Waals surface area (Å²) < 4.78 is 5.63. The molecule has 1 fully saturated rings. The normalized spacial score (nSPS) is 13.1. The van der Waals surface area contributed by atoms with Gasteiger partial charge in [0.05, 0.1) is 24.7 Å². The van der Waals surface area contributed by atoms with E-state index in [2.05, 4.69) is 30.8 Å². The lowest BCUT2D eigenvalue weighted by Crippen LogP contribution is -2.38. The second kappa shape index (κ2) is 11.0. The average Bonchev–Trinajstić information content (AvgIpc) is 3.38. The molecule has 5 N–H and O–H groups in total. The van der Waals surface area contributed by atoms with E-state index in [0.29, 0.717) is 28.5 Å². The van der Waals surface area contributed by atoms with Gasteiger partial charge >= 0.3 is 6.03 Å². The van der Waals surface area contributed by atoms with Crippen LogP contribution in [0.5, 0.6) is 5.75 Å². The largest absolute Gasteiger partial charge is 0.496 e. The molecule has 5 rings (SSSR count). The van der Waals surface area contributed by atoms with E-state index in [1.165, 1.54) is 12.4 Å². The van der Waals surface area contributed by atoms with Crippen LogP contribution in [0.3, 0.4) is 0 Å². The quantitative estimate of drug-likeness (QED) is 0.286. The number of hydrogen-bond acceptors (Lipinski definition) is 7. The highest BCUT2D eigenvalue weighted by molar-refractivity contribution is 6.04. The molecule has 1 aliphatic heterocycles. The van der Waals surface area contributed by atoms with Gasteiger partial charge in [-0.25, -0.2) is 9.78 Å². The van der Waals surface area contributed by atoms with Gasteiger partial charge in [0.25, 0.3) is 5.91 Å². The van der Waals surface area contributed by atoms with Crippen LogP contribution in [0.25, 0.3) is 22.4 Å². The summed E-state index contributed by atoms with van der Waals surface area (Å²) in [6.45, 7) is 1.50. The van der Waals surface area contributed by atoms with Crippen LogP contribution < -0.4 is 21.1 Å². The number of nitrogens with zero attached hydrogens (tertiary/aromatic N) is 4. The van der Waals surface area contributed by atoms with Crippen LogP contribution in [-0.4, -0.2) is 57.2 Å². The Bertz CT molecular complexity index is 1430. The molecule has 2 aromatic heterocycles. The summed E-state index contributed by atoms with van der Waals surface area (Å²) in [5, 5.41) is 13.2. The van der Waals surface area contributed by atoms with Gasteiger partial charge in [0.15, 0.2) is 5.82 Å². The SMILES string of the molecule is COc1cccc(NC(=O)N2CCCCC2)c1-c1ccc(-c2[nH]nc(Nc3cnccn3)c2C(N)=O)cc1. The lowest BCUT2D eigenvalue weighted by Gasteiger charge is -2.27. The van der Waals surface area contributed by atoms with Gasteiger partial charge < -0.3 is 26.0 Å². The average molecular weight is 513 g/mol. The molecule has 0 unspecified atom stereocenters. The molecular weight excluding hydrogens is 484 g/mol. The van der Waals surface area contributed by atoms with Gasteiger partial charge in [0.1, 0.15) is 17.1 Å². The van der Waals surface area contributed by atoms with E-state index in [1.807, 2.05) is 47.4 Å². The van der Waals surface area contributed by atoms with Crippen LogP contribution in [-0.2, 0) is 0 Å². The van der Waals surface area contributed by atoms with E-state index in [4.69, 9.17) is 10.5 Å². The van der Waals surface area contributed by atoms with Gasteiger partial charge in [-0.2, -0.15) is 5.10 Å². The third-order valence-electron chi connectivity index (χ3n) is 6.42. The molecule has 194 valence electrons. The molecule has 38 heavy (non-hydrogen) atoms. The van der Waals surface area contributed by atoms with Gasteiger partial charge in [-0.1, -0.05) is 30.3 Å². The zero-order valence-corrected chi connectivity index (χ0v) is 20.9. The minimum Gasteiger partial charge on any atom is -0.496 e. The topological polar surface area (TPSA) is 151 Å². The number of aromatic amines is 1.